The standard InChI is InChI=1S/C19H11NO/c21-12-20-18-11-5-10-17-15-7-2-1-6-13(15)14-8-3-4-9-16(14)19(17)18/h1-11H. The largest absolute Gasteiger partial charge is 0.240 e. The first-order chi connectivity index (χ1) is 10.4. The molecule has 0 aliphatic rings. The fraction of sp³-hybridized carbons (Fsp3) is 0. The maximum Gasteiger partial charge on any atom is 0.240 e. The zero-order valence-corrected chi connectivity index (χ0v) is 11.2. The molecule has 0 aromatic heterocycles. The van der Waals surface area contributed by atoms with Crippen LogP contribution in [0.25, 0.3) is 32.3 Å². The Kier molecular flexibility index (Phi) is 2.56. The lowest BCUT2D eigenvalue weighted by Crippen LogP contribution is -1.83. The van der Waals surface area contributed by atoms with Crippen molar-refractivity contribution in [3.8, 4) is 0 Å². The molecule has 0 radical (unpaired) electrons. The Hall–Kier alpha value is -2.96. The fourth-order valence-electron chi connectivity index (χ4n) is 3.08. The number of carbonyl (C=O) groups excluding carboxylic acids is 1. The number of isocyanates is 1. The predicted molar refractivity (Wildman–Crippen MR) is 86.7 cm³/mol. The van der Waals surface area contributed by atoms with Gasteiger partial charge in [0, 0.05) is 5.39 Å². The lowest BCUT2D eigenvalue weighted by molar-refractivity contribution is 0.565. The first-order valence-corrected chi connectivity index (χ1v) is 6.80. The third-order valence-electron chi connectivity index (χ3n) is 3.91. The van der Waals surface area contributed by atoms with Crippen LogP contribution in [-0.4, -0.2) is 6.08 Å². The van der Waals surface area contributed by atoms with E-state index in [0.29, 0.717) is 5.69 Å². The number of aliphatic imine (C=N–C) groups is 1. The Morgan fingerprint density at radius 1 is 0.619 bits per heavy atom. The molecule has 0 amide bonds. The normalized spacial score (nSPS) is 10.9. The highest BCUT2D eigenvalue weighted by Gasteiger charge is 2.10. The molecule has 0 atom stereocenters. The molecule has 2 nitrogen and oxygen atoms in total. The zero-order chi connectivity index (χ0) is 14.2. The third-order valence-corrected chi connectivity index (χ3v) is 3.91. The Bertz CT molecular complexity index is 998. The van der Waals surface area contributed by atoms with Gasteiger partial charge in [-0.3, -0.25) is 0 Å². The van der Waals surface area contributed by atoms with E-state index in [-0.39, 0.29) is 0 Å². The quantitative estimate of drug-likeness (QED) is 0.268. The zero-order valence-electron chi connectivity index (χ0n) is 11.2. The van der Waals surface area contributed by atoms with Crippen LogP contribution >= 0.6 is 0 Å². The van der Waals surface area contributed by atoms with Crippen LogP contribution in [0.15, 0.2) is 71.7 Å². The van der Waals surface area contributed by atoms with Gasteiger partial charge in [-0.25, -0.2) is 4.79 Å². The van der Waals surface area contributed by atoms with Crippen molar-refractivity contribution in [3.05, 3.63) is 66.7 Å². The first-order valence-electron chi connectivity index (χ1n) is 6.80. The molecule has 0 fully saturated rings. The second-order valence-electron chi connectivity index (χ2n) is 4.99. The minimum atomic E-state index is 0.671. The van der Waals surface area contributed by atoms with Gasteiger partial charge in [0.1, 0.15) is 0 Å². The Balaban J connectivity index is 2.42. The van der Waals surface area contributed by atoms with Crippen LogP contribution in [0.5, 0.6) is 0 Å². The maximum absolute atomic E-state index is 10.7. The van der Waals surface area contributed by atoms with E-state index in [2.05, 4.69) is 35.3 Å². The topological polar surface area (TPSA) is 29.4 Å². The van der Waals surface area contributed by atoms with Crippen LogP contribution in [0.4, 0.5) is 5.69 Å². The number of hydrogen-bond acceptors (Lipinski definition) is 2. The molecule has 4 rings (SSSR count). The van der Waals surface area contributed by atoms with Gasteiger partial charge in [-0.15, -0.1) is 0 Å². The molecule has 0 spiro atoms. The van der Waals surface area contributed by atoms with Crippen molar-refractivity contribution < 1.29 is 4.79 Å². The molecule has 0 unspecified atom stereocenters. The van der Waals surface area contributed by atoms with Gasteiger partial charge in [-0.2, -0.15) is 4.99 Å². The number of hydrogen-bond donors (Lipinski definition) is 0. The summed E-state index contributed by atoms with van der Waals surface area (Å²) in [6.45, 7) is 0. The van der Waals surface area contributed by atoms with Crippen LogP contribution in [-0.2, 0) is 4.79 Å². The SMILES string of the molecule is O=C=Nc1cccc2c3ccccc3c3ccccc3c12. The Labute approximate surface area is 121 Å². The van der Waals surface area contributed by atoms with Crippen molar-refractivity contribution in [2.45, 2.75) is 0 Å². The fourth-order valence-corrected chi connectivity index (χ4v) is 3.08. The van der Waals surface area contributed by atoms with Crippen LogP contribution in [0.3, 0.4) is 0 Å². The van der Waals surface area contributed by atoms with E-state index in [0.717, 1.165) is 16.2 Å². The van der Waals surface area contributed by atoms with Gasteiger partial charge >= 0.3 is 0 Å². The molecular formula is C19H11NO. The highest BCUT2D eigenvalue weighted by molar-refractivity contribution is 6.27. The predicted octanol–water partition coefficient (Wildman–Crippen LogP) is 5.11. The van der Waals surface area contributed by atoms with E-state index in [4.69, 9.17) is 0 Å². The van der Waals surface area contributed by atoms with Crippen molar-refractivity contribution in [2.75, 3.05) is 0 Å². The van der Waals surface area contributed by atoms with E-state index in [9.17, 15) is 4.79 Å². The van der Waals surface area contributed by atoms with Crippen LogP contribution < -0.4 is 0 Å². The highest BCUT2D eigenvalue weighted by Crippen LogP contribution is 2.39. The average molecular weight is 269 g/mol. The first kappa shape index (κ1) is 11.8. The molecule has 2 heteroatoms. The summed E-state index contributed by atoms with van der Waals surface area (Å²) in [6.07, 6.45) is 1.66. The molecular weight excluding hydrogens is 258 g/mol. The summed E-state index contributed by atoms with van der Waals surface area (Å²) >= 11 is 0. The number of fused-ring (bicyclic) bond motifs is 6. The van der Waals surface area contributed by atoms with Gasteiger partial charge in [-0.05, 0) is 33.0 Å². The third kappa shape index (κ3) is 1.67. The summed E-state index contributed by atoms with van der Waals surface area (Å²) in [5.74, 6) is 0. The smallest absolute Gasteiger partial charge is 0.211 e. The van der Waals surface area contributed by atoms with Gasteiger partial charge in [0.2, 0.25) is 6.08 Å². The Morgan fingerprint density at radius 3 is 1.67 bits per heavy atom. The molecule has 4 aromatic rings. The number of nitrogens with zero attached hydrogens (tertiary/aromatic N) is 1. The van der Waals surface area contributed by atoms with E-state index >= 15 is 0 Å². The van der Waals surface area contributed by atoms with Crippen molar-refractivity contribution in [3.63, 3.8) is 0 Å². The van der Waals surface area contributed by atoms with Crippen molar-refractivity contribution in [1.82, 2.24) is 0 Å². The monoisotopic (exact) mass is 269 g/mol. The molecule has 0 bridgehead atoms. The summed E-state index contributed by atoms with van der Waals surface area (Å²) < 4.78 is 0. The highest BCUT2D eigenvalue weighted by atomic mass is 16.1. The van der Waals surface area contributed by atoms with Crippen molar-refractivity contribution in [2.24, 2.45) is 4.99 Å². The minimum Gasteiger partial charge on any atom is -0.211 e. The van der Waals surface area contributed by atoms with E-state index in [1.54, 1.807) is 6.08 Å². The number of benzene rings is 4. The van der Waals surface area contributed by atoms with Gasteiger partial charge in [-0.1, -0.05) is 60.7 Å². The lowest BCUT2D eigenvalue weighted by Gasteiger charge is -2.11. The molecule has 0 aliphatic carbocycles. The van der Waals surface area contributed by atoms with Gasteiger partial charge in [0.25, 0.3) is 0 Å². The molecule has 4 aromatic carbocycles. The second kappa shape index (κ2) is 4.55. The molecule has 0 aliphatic heterocycles. The molecule has 98 valence electrons. The maximum atomic E-state index is 10.7. The molecule has 0 saturated heterocycles. The van der Waals surface area contributed by atoms with Crippen LogP contribution in [0, 0.1) is 0 Å². The van der Waals surface area contributed by atoms with Crippen LogP contribution in [0.2, 0.25) is 0 Å². The lowest BCUT2D eigenvalue weighted by atomic mass is 9.93. The average Bonchev–Trinajstić information content (AvgIpc) is 2.55. The molecule has 0 N–H and O–H groups in total. The second-order valence-corrected chi connectivity index (χ2v) is 4.99. The molecule has 21 heavy (non-hydrogen) atoms. The molecule has 0 saturated carbocycles. The van der Waals surface area contributed by atoms with Crippen molar-refractivity contribution >= 4 is 44.1 Å². The van der Waals surface area contributed by atoms with Gasteiger partial charge < -0.3 is 0 Å². The summed E-state index contributed by atoms with van der Waals surface area (Å²) in [5.41, 5.74) is 0.671. The summed E-state index contributed by atoms with van der Waals surface area (Å²) in [4.78, 5) is 14.6. The van der Waals surface area contributed by atoms with Crippen LogP contribution in [0.1, 0.15) is 0 Å². The van der Waals surface area contributed by atoms with E-state index in [1.807, 2.05) is 36.4 Å². The minimum absolute atomic E-state index is 0.671. The number of rotatable bonds is 1. The van der Waals surface area contributed by atoms with E-state index in [1.165, 1.54) is 16.2 Å². The summed E-state index contributed by atoms with van der Waals surface area (Å²) in [7, 11) is 0. The molecule has 0 heterocycles. The van der Waals surface area contributed by atoms with Gasteiger partial charge in [0.05, 0.1) is 5.69 Å². The Morgan fingerprint density at radius 2 is 1.10 bits per heavy atom. The van der Waals surface area contributed by atoms with Gasteiger partial charge in [0.15, 0.2) is 0 Å². The van der Waals surface area contributed by atoms with E-state index < -0.39 is 0 Å². The summed E-state index contributed by atoms with van der Waals surface area (Å²) in [5, 5.41) is 6.80. The summed E-state index contributed by atoms with van der Waals surface area (Å²) in [6, 6.07) is 22.4. The van der Waals surface area contributed by atoms with Crippen molar-refractivity contribution in [1.29, 1.82) is 0 Å².